The summed E-state index contributed by atoms with van der Waals surface area (Å²) in [6.45, 7) is 3.64. The first-order valence-electron chi connectivity index (χ1n) is 6.57. The van der Waals surface area contributed by atoms with Crippen molar-refractivity contribution in [3.8, 4) is 0 Å². The van der Waals surface area contributed by atoms with Crippen molar-refractivity contribution in [2.75, 3.05) is 0 Å². The predicted molar refractivity (Wildman–Crippen MR) is 75.9 cm³/mol. The number of aliphatic hydroxyl groups is 1. The number of hydrogen-bond donors (Lipinski definition) is 2. The number of halogens is 1. The van der Waals surface area contributed by atoms with Gasteiger partial charge >= 0.3 is 0 Å². The van der Waals surface area contributed by atoms with Crippen molar-refractivity contribution in [1.29, 1.82) is 0 Å². The monoisotopic (exact) mass is 267 g/mol. The molecule has 1 aliphatic carbocycles. The molecule has 1 saturated carbocycles. The molecule has 3 heteroatoms. The van der Waals surface area contributed by atoms with Crippen molar-refractivity contribution in [3.05, 3.63) is 34.9 Å². The van der Waals surface area contributed by atoms with E-state index in [9.17, 15) is 5.11 Å². The fraction of sp³-hybridized carbons (Fsp3) is 0.600. The Kier molecular flexibility index (Phi) is 3.72. The summed E-state index contributed by atoms with van der Waals surface area (Å²) in [5.74, 6) is 0. The summed E-state index contributed by atoms with van der Waals surface area (Å²) in [5.41, 5.74) is 6.95. The second-order valence-electron chi connectivity index (χ2n) is 6.14. The van der Waals surface area contributed by atoms with E-state index in [1.165, 1.54) is 12.0 Å². The molecule has 1 unspecified atom stereocenters. The zero-order valence-corrected chi connectivity index (χ0v) is 11.9. The van der Waals surface area contributed by atoms with Crippen molar-refractivity contribution in [2.24, 2.45) is 5.73 Å². The number of rotatable bonds is 4. The lowest BCUT2D eigenvalue weighted by Crippen LogP contribution is -2.52. The average molecular weight is 268 g/mol. The SMILES string of the molecule is CC(C)(O)CC(N)C1(c2ccc(Cl)cc2)CCC1. The van der Waals surface area contributed by atoms with Gasteiger partial charge in [0.1, 0.15) is 0 Å². The van der Waals surface area contributed by atoms with Gasteiger partial charge < -0.3 is 10.8 Å². The number of benzene rings is 1. The molecule has 0 saturated heterocycles. The molecule has 2 nitrogen and oxygen atoms in total. The Labute approximate surface area is 114 Å². The summed E-state index contributed by atoms with van der Waals surface area (Å²) < 4.78 is 0. The largest absolute Gasteiger partial charge is 0.390 e. The molecule has 3 N–H and O–H groups in total. The van der Waals surface area contributed by atoms with Crippen LogP contribution in [0.1, 0.15) is 45.1 Å². The molecule has 0 spiro atoms. The Morgan fingerprint density at radius 1 is 1.33 bits per heavy atom. The van der Waals surface area contributed by atoms with Gasteiger partial charge in [0.25, 0.3) is 0 Å². The van der Waals surface area contributed by atoms with Crippen LogP contribution in [0, 0.1) is 0 Å². The predicted octanol–water partition coefficient (Wildman–Crippen LogP) is 3.25. The molecule has 0 aliphatic heterocycles. The molecule has 18 heavy (non-hydrogen) atoms. The Morgan fingerprint density at radius 3 is 2.28 bits per heavy atom. The quantitative estimate of drug-likeness (QED) is 0.880. The molecule has 1 atom stereocenters. The van der Waals surface area contributed by atoms with E-state index in [4.69, 9.17) is 17.3 Å². The Morgan fingerprint density at radius 2 is 1.89 bits per heavy atom. The molecule has 1 aromatic carbocycles. The highest BCUT2D eigenvalue weighted by Gasteiger charge is 2.45. The first kappa shape index (κ1) is 13.9. The van der Waals surface area contributed by atoms with Gasteiger partial charge in [0.2, 0.25) is 0 Å². The van der Waals surface area contributed by atoms with Crippen LogP contribution < -0.4 is 5.73 Å². The molecule has 2 rings (SSSR count). The molecular formula is C15H22ClNO. The smallest absolute Gasteiger partial charge is 0.0606 e. The first-order chi connectivity index (χ1) is 8.33. The number of nitrogens with two attached hydrogens (primary N) is 1. The topological polar surface area (TPSA) is 46.2 Å². The first-order valence-corrected chi connectivity index (χ1v) is 6.95. The molecule has 0 aromatic heterocycles. The van der Waals surface area contributed by atoms with Gasteiger partial charge in [-0.25, -0.2) is 0 Å². The number of hydrogen-bond acceptors (Lipinski definition) is 2. The van der Waals surface area contributed by atoms with E-state index in [0.29, 0.717) is 6.42 Å². The van der Waals surface area contributed by atoms with Crippen LogP contribution >= 0.6 is 11.6 Å². The second kappa shape index (κ2) is 4.84. The van der Waals surface area contributed by atoms with Crippen molar-refractivity contribution >= 4 is 11.6 Å². The van der Waals surface area contributed by atoms with Crippen LogP contribution in [0.25, 0.3) is 0 Å². The van der Waals surface area contributed by atoms with Gasteiger partial charge in [0, 0.05) is 16.5 Å². The standard InChI is InChI=1S/C15H22ClNO/c1-14(2,18)10-13(17)15(8-3-9-15)11-4-6-12(16)7-5-11/h4-7,13,18H,3,8-10,17H2,1-2H3. The molecular weight excluding hydrogens is 246 g/mol. The highest BCUT2D eigenvalue weighted by Crippen LogP contribution is 2.47. The normalized spacial score (nSPS) is 20.3. The van der Waals surface area contributed by atoms with E-state index in [0.717, 1.165) is 17.9 Å². The molecule has 1 fully saturated rings. The van der Waals surface area contributed by atoms with Crippen LogP contribution in [0.15, 0.2) is 24.3 Å². The average Bonchev–Trinajstić information content (AvgIpc) is 2.16. The van der Waals surface area contributed by atoms with Crippen LogP contribution in [0.2, 0.25) is 5.02 Å². The van der Waals surface area contributed by atoms with Gasteiger partial charge in [-0.2, -0.15) is 0 Å². The van der Waals surface area contributed by atoms with Gasteiger partial charge in [0.15, 0.2) is 0 Å². The Bertz CT molecular complexity index is 403. The van der Waals surface area contributed by atoms with Crippen LogP contribution in [-0.4, -0.2) is 16.7 Å². The molecule has 0 bridgehead atoms. The molecule has 100 valence electrons. The Hall–Kier alpha value is -0.570. The highest BCUT2D eigenvalue weighted by atomic mass is 35.5. The summed E-state index contributed by atoms with van der Waals surface area (Å²) in [6, 6.07) is 7.99. The van der Waals surface area contributed by atoms with Crippen molar-refractivity contribution in [2.45, 2.75) is 56.6 Å². The summed E-state index contributed by atoms with van der Waals surface area (Å²) in [5, 5.41) is 10.7. The van der Waals surface area contributed by atoms with Crippen LogP contribution in [0.5, 0.6) is 0 Å². The third-order valence-corrected chi connectivity index (χ3v) is 4.35. The van der Waals surface area contributed by atoms with Crippen LogP contribution in [0.3, 0.4) is 0 Å². The minimum atomic E-state index is -0.714. The van der Waals surface area contributed by atoms with Gasteiger partial charge in [0.05, 0.1) is 5.60 Å². The fourth-order valence-corrected chi connectivity index (χ4v) is 3.07. The Balaban J connectivity index is 2.22. The van der Waals surface area contributed by atoms with E-state index in [1.807, 2.05) is 26.0 Å². The zero-order chi connectivity index (χ0) is 13.4. The van der Waals surface area contributed by atoms with E-state index in [2.05, 4.69) is 12.1 Å². The van der Waals surface area contributed by atoms with E-state index in [-0.39, 0.29) is 11.5 Å². The fourth-order valence-electron chi connectivity index (χ4n) is 2.95. The van der Waals surface area contributed by atoms with Crippen LogP contribution in [-0.2, 0) is 5.41 Å². The minimum absolute atomic E-state index is 0.00701. The zero-order valence-electron chi connectivity index (χ0n) is 11.1. The van der Waals surface area contributed by atoms with E-state index >= 15 is 0 Å². The molecule has 0 radical (unpaired) electrons. The summed E-state index contributed by atoms with van der Waals surface area (Å²) >= 11 is 5.94. The molecule has 1 aromatic rings. The second-order valence-corrected chi connectivity index (χ2v) is 6.58. The summed E-state index contributed by atoms with van der Waals surface area (Å²) in [6.07, 6.45) is 4.04. The lowest BCUT2D eigenvalue weighted by molar-refractivity contribution is 0.0411. The van der Waals surface area contributed by atoms with Gasteiger partial charge in [-0.15, -0.1) is 0 Å². The third kappa shape index (κ3) is 2.71. The maximum absolute atomic E-state index is 9.96. The lowest BCUT2D eigenvalue weighted by Gasteiger charge is -2.48. The maximum atomic E-state index is 9.96. The molecule has 0 heterocycles. The van der Waals surface area contributed by atoms with Gasteiger partial charge in [-0.3, -0.25) is 0 Å². The van der Waals surface area contributed by atoms with Crippen molar-refractivity contribution in [1.82, 2.24) is 0 Å². The molecule has 1 aliphatic rings. The molecule has 0 amide bonds. The minimum Gasteiger partial charge on any atom is -0.390 e. The van der Waals surface area contributed by atoms with E-state index < -0.39 is 5.60 Å². The van der Waals surface area contributed by atoms with Crippen LogP contribution in [0.4, 0.5) is 0 Å². The van der Waals surface area contributed by atoms with Crippen molar-refractivity contribution in [3.63, 3.8) is 0 Å². The van der Waals surface area contributed by atoms with Gasteiger partial charge in [-0.05, 0) is 50.8 Å². The lowest BCUT2D eigenvalue weighted by atomic mass is 9.59. The summed E-state index contributed by atoms with van der Waals surface area (Å²) in [7, 11) is 0. The van der Waals surface area contributed by atoms with E-state index in [1.54, 1.807) is 0 Å². The third-order valence-electron chi connectivity index (χ3n) is 4.09. The van der Waals surface area contributed by atoms with Crippen molar-refractivity contribution < 1.29 is 5.11 Å². The highest BCUT2D eigenvalue weighted by molar-refractivity contribution is 6.30. The van der Waals surface area contributed by atoms with Gasteiger partial charge in [-0.1, -0.05) is 30.2 Å². The summed E-state index contributed by atoms with van der Waals surface area (Å²) in [4.78, 5) is 0. The maximum Gasteiger partial charge on any atom is 0.0606 e.